The molecule has 1 aliphatic heterocycles. The van der Waals surface area contributed by atoms with E-state index in [4.69, 9.17) is 4.42 Å². The van der Waals surface area contributed by atoms with Crippen LogP contribution in [-0.2, 0) is 21.2 Å². The Morgan fingerprint density at radius 1 is 1.38 bits per heavy atom. The first-order chi connectivity index (χ1) is 12.3. The first kappa shape index (κ1) is 18.6. The molecule has 26 heavy (non-hydrogen) atoms. The van der Waals surface area contributed by atoms with Crippen molar-refractivity contribution in [1.29, 1.82) is 0 Å². The maximum absolute atomic E-state index is 13.9. The van der Waals surface area contributed by atoms with Gasteiger partial charge in [0.25, 0.3) is 0 Å². The van der Waals surface area contributed by atoms with Crippen molar-refractivity contribution >= 4 is 21.4 Å². The van der Waals surface area contributed by atoms with Crippen molar-refractivity contribution in [3.63, 3.8) is 0 Å². The van der Waals surface area contributed by atoms with Gasteiger partial charge in [-0.05, 0) is 43.2 Å². The second-order valence-electron chi connectivity index (χ2n) is 6.57. The van der Waals surface area contributed by atoms with Gasteiger partial charge in [0.15, 0.2) is 9.84 Å². The van der Waals surface area contributed by atoms with Crippen LogP contribution in [0.5, 0.6) is 0 Å². The monoisotopic (exact) mass is 380 g/mol. The molecule has 0 bridgehead atoms. The van der Waals surface area contributed by atoms with E-state index in [1.807, 2.05) is 0 Å². The molecule has 2 aromatic rings. The van der Waals surface area contributed by atoms with Crippen LogP contribution in [0.3, 0.4) is 0 Å². The Labute approximate surface area is 151 Å². The highest BCUT2D eigenvalue weighted by atomic mass is 32.2. The highest BCUT2D eigenvalue weighted by molar-refractivity contribution is 7.91. The number of rotatable bonds is 6. The number of hydrogen-bond donors (Lipinski definition) is 1. The minimum atomic E-state index is -3.09. The summed E-state index contributed by atoms with van der Waals surface area (Å²) >= 11 is 0. The van der Waals surface area contributed by atoms with Crippen LogP contribution in [0.25, 0.3) is 0 Å². The van der Waals surface area contributed by atoms with E-state index < -0.39 is 21.6 Å². The fraction of sp³-hybridized carbons (Fsp3) is 0.389. The topological polar surface area (TPSA) is 79.6 Å². The standard InChI is InChI=1S/C18H21FN2O4S/c1-13-4-5-17(16(19)9-13)20-18(22)11-21(10-15-3-2-7-25-15)14-6-8-26(23,24)12-14/h2-5,7,9,14H,6,8,10-12H2,1H3,(H,20,22)/t14-/m0/s1. The second-order valence-corrected chi connectivity index (χ2v) is 8.80. The van der Waals surface area contributed by atoms with Gasteiger partial charge in [-0.1, -0.05) is 6.07 Å². The average Bonchev–Trinajstić information content (AvgIpc) is 3.19. The Kier molecular flexibility index (Phi) is 5.43. The van der Waals surface area contributed by atoms with Gasteiger partial charge in [0.2, 0.25) is 5.91 Å². The van der Waals surface area contributed by atoms with Crippen LogP contribution in [0.4, 0.5) is 10.1 Å². The molecule has 1 atom stereocenters. The minimum absolute atomic E-state index is 0.0138. The normalized spacial score (nSPS) is 19.0. The summed E-state index contributed by atoms with van der Waals surface area (Å²) in [6, 6.07) is 7.82. The maximum atomic E-state index is 13.9. The lowest BCUT2D eigenvalue weighted by molar-refractivity contribution is -0.118. The maximum Gasteiger partial charge on any atom is 0.238 e. The quantitative estimate of drug-likeness (QED) is 0.832. The van der Waals surface area contributed by atoms with Crippen LogP contribution in [-0.4, -0.2) is 43.3 Å². The van der Waals surface area contributed by atoms with Gasteiger partial charge in [-0.3, -0.25) is 9.69 Å². The molecule has 8 heteroatoms. The number of carbonyl (C=O) groups is 1. The van der Waals surface area contributed by atoms with Crippen LogP contribution in [0, 0.1) is 12.7 Å². The first-order valence-electron chi connectivity index (χ1n) is 8.35. The van der Waals surface area contributed by atoms with Crippen molar-refractivity contribution in [3.8, 4) is 0 Å². The van der Waals surface area contributed by atoms with Crippen molar-refractivity contribution in [1.82, 2.24) is 4.90 Å². The number of carbonyl (C=O) groups excluding carboxylic acids is 1. The van der Waals surface area contributed by atoms with E-state index >= 15 is 0 Å². The lowest BCUT2D eigenvalue weighted by atomic mass is 10.2. The van der Waals surface area contributed by atoms with Crippen LogP contribution < -0.4 is 5.32 Å². The van der Waals surface area contributed by atoms with Crippen molar-refractivity contribution in [2.24, 2.45) is 0 Å². The van der Waals surface area contributed by atoms with Gasteiger partial charge in [-0.15, -0.1) is 0 Å². The van der Waals surface area contributed by atoms with E-state index in [2.05, 4.69) is 5.32 Å². The molecule has 140 valence electrons. The molecule has 0 radical (unpaired) electrons. The van der Waals surface area contributed by atoms with Gasteiger partial charge in [0.05, 0.1) is 36.5 Å². The van der Waals surface area contributed by atoms with Crippen LogP contribution in [0.15, 0.2) is 41.0 Å². The molecule has 1 aromatic heterocycles. The van der Waals surface area contributed by atoms with E-state index in [1.165, 1.54) is 18.4 Å². The number of halogens is 1. The Bertz CT molecular complexity index is 881. The van der Waals surface area contributed by atoms with Gasteiger partial charge in [-0.25, -0.2) is 12.8 Å². The number of nitrogens with zero attached hydrogens (tertiary/aromatic N) is 1. The highest BCUT2D eigenvalue weighted by Gasteiger charge is 2.33. The van der Waals surface area contributed by atoms with Crippen molar-refractivity contribution in [2.45, 2.75) is 25.9 Å². The minimum Gasteiger partial charge on any atom is -0.468 e. The van der Waals surface area contributed by atoms with Crippen molar-refractivity contribution in [2.75, 3.05) is 23.4 Å². The summed E-state index contributed by atoms with van der Waals surface area (Å²) in [4.78, 5) is 14.2. The number of nitrogens with one attached hydrogen (secondary N) is 1. The van der Waals surface area contributed by atoms with Gasteiger partial charge in [-0.2, -0.15) is 0 Å². The first-order valence-corrected chi connectivity index (χ1v) is 10.2. The summed E-state index contributed by atoms with van der Waals surface area (Å²) < 4.78 is 42.9. The molecule has 1 aliphatic rings. The smallest absolute Gasteiger partial charge is 0.238 e. The zero-order chi connectivity index (χ0) is 18.7. The lowest BCUT2D eigenvalue weighted by Crippen LogP contribution is -2.41. The summed E-state index contributed by atoms with van der Waals surface area (Å²) in [5.41, 5.74) is 0.869. The fourth-order valence-corrected chi connectivity index (χ4v) is 4.84. The molecule has 0 aliphatic carbocycles. The molecule has 0 saturated carbocycles. The predicted octanol–water partition coefficient (Wildman–Crippen LogP) is 2.35. The molecule has 1 aromatic carbocycles. The number of sulfone groups is 1. The van der Waals surface area contributed by atoms with Crippen LogP contribution in [0.2, 0.25) is 0 Å². The number of anilines is 1. The zero-order valence-electron chi connectivity index (χ0n) is 14.4. The zero-order valence-corrected chi connectivity index (χ0v) is 15.3. The average molecular weight is 380 g/mol. The molecule has 0 spiro atoms. The SMILES string of the molecule is Cc1ccc(NC(=O)CN(Cc2ccco2)[C@H]2CCS(=O)(=O)C2)c(F)c1. The summed E-state index contributed by atoms with van der Waals surface area (Å²) in [5, 5.41) is 2.56. The Morgan fingerprint density at radius 2 is 2.19 bits per heavy atom. The Hall–Kier alpha value is -2.19. The van der Waals surface area contributed by atoms with E-state index in [9.17, 15) is 17.6 Å². The molecule has 1 N–H and O–H groups in total. The van der Waals surface area contributed by atoms with E-state index in [0.717, 1.165) is 5.56 Å². The van der Waals surface area contributed by atoms with Gasteiger partial charge in [0.1, 0.15) is 11.6 Å². The second kappa shape index (κ2) is 7.59. The third kappa shape index (κ3) is 4.70. The summed E-state index contributed by atoms with van der Waals surface area (Å²) in [6.07, 6.45) is 2.00. The number of hydrogen-bond acceptors (Lipinski definition) is 5. The molecule has 6 nitrogen and oxygen atoms in total. The van der Waals surface area contributed by atoms with Gasteiger partial charge >= 0.3 is 0 Å². The van der Waals surface area contributed by atoms with Crippen molar-refractivity contribution < 1.29 is 22.0 Å². The summed E-state index contributed by atoms with van der Waals surface area (Å²) in [7, 11) is -3.09. The molecule has 1 amide bonds. The van der Waals surface area contributed by atoms with Gasteiger partial charge < -0.3 is 9.73 Å². The van der Waals surface area contributed by atoms with E-state index in [-0.39, 0.29) is 29.8 Å². The fourth-order valence-electron chi connectivity index (χ4n) is 3.08. The largest absolute Gasteiger partial charge is 0.468 e. The highest BCUT2D eigenvalue weighted by Crippen LogP contribution is 2.21. The molecular weight excluding hydrogens is 359 g/mol. The number of amides is 1. The van der Waals surface area contributed by atoms with Gasteiger partial charge in [0, 0.05) is 6.04 Å². The van der Waals surface area contributed by atoms with Crippen LogP contribution >= 0.6 is 0 Å². The third-order valence-corrected chi connectivity index (χ3v) is 6.16. The molecule has 1 saturated heterocycles. The molecule has 3 rings (SSSR count). The number of benzene rings is 1. The summed E-state index contributed by atoms with van der Waals surface area (Å²) in [5.74, 6) is -0.132. The van der Waals surface area contributed by atoms with E-state index in [0.29, 0.717) is 18.7 Å². The van der Waals surface area contributed by atoms with Crippen molar-refractivity contribution in [3.05, 3.63) is 53.7 Å². The third-order valence-electron chi connectivity index (χ3n) is 4.41. The predicted molar refractivity (Wildman–Crippen MR) is 95.9 cm³/mol. The number of furan rings is 1. The molecule has 2 heterocycles. The Morgan fingerprint density at radius 3 is 2.81 bits per heavy atom. The molecule has 1 fully saturated rings. The molecular formula is C18H21FN2O4S. The Balaban J connectivity index is 1.71. The van der Waals surface area contributed by atoms with Crippen LogP contribution in [0.1, 0.15) is 17.7 Å². The number of aryl methyl sites for hydroxylation is 1. The molecule has 0 unspecified atom stereocenters. The summed E-state index contributed by atoms with van der Waals surface area (Å²) in [6.45, 7) is 2.03. The lowest BCUT2D eigenvalue weighted by Gasteiger charge is -2.26. The van der Waals surface area contributed by atoms with E-state index in [1.54, 1.807) is 30.0 Å².